The number of carbonyl (C=O) groups excluding carboxylic acids is 2. The average Bonchev–Trinajstić information content (AvgIpc) is 3.24. The van der Waals surface area contributed by atoms with E-state index in [1.807, 2.05) is 6.92 Å². The van der Waals surface area contributed by atoms with Gasteiger partial charge in [0.1, 0.15) is 12.7 Å². The van der Waals surface area contributed by atoms with Crippen molar-refractivity contribution in [3.05, 3.63) is 12.2 Å². The normalized spacial score (nSPS) is 19.2. The molecule has 118 valence electrons. The van der Waals surface area contributed by atoms with E-state index in [1.54, 1.807) is 0 Å². The third-order valence-corrected chi connectivity index (χ3v) is 2.98. The molecule has 1 fully saturated rings. The SMILES string of the molecule is C=C(C)C(=O)OC(CCCC)(C(=O)O)C(=O)OCC1CO1. The number of carboxylic acid groups (broad SMARTS) is 1. The Bertz CT molecular complexity index is 439. The Morgan fingerprint density at radius 2 is 2.05 bits per heavy atom. The van der Waals surface area contributed by atoms with E-state index in [4.69, 9.17) is 14.2 Å². The average molecular weight is 300 g/mol. The molecule has 0 radical (unpaired) electrons. The molecule has 2 unspecified atom stereocenters. The van der Waals surface area contributed by atoms with E-state index in [0.29, 0.717) is 19.4 Å². The molecule has 0 saturated carbocycles. The van der Waals surface area contributed by atoms with Crippen LogP contribution in [-0.4, -0.2) is 47.9 Å². The van der Waals surface area contributed by atoms with Gasteiger partial charge in [-0.25, -0.2) is 14.4 Å². The van der Waals surface area contributed by atoms with Gasteiger partial charge >= 0.3 is 23.5 Å². The van der Waals surface area contributed by atoms with Gasteiger partial charge in [0, 0.05) is 12.0 Å². The quantitative estimate of drug-likeness (QED) is 0.294. The zero-order valence-electron chi connectivity index (χ0n) is 12.2. The summed E-state index contributed by atoms with van der Waals surface area (Å²) in [7, 11) is 0. The molecule has 0 aromatic carbocycles. The number of carbonyl (C=O) groups is 3. The maximum absolute atomic E-state index is 12.1. The summed E-state index contributed by atoms with van der Waals surface area (Å²) < 4.78 is 14.7. The summed E-state index contributed by atoms with van der Waals surface area (Å²) in [4.78, 5) is 35.3. The van der Waals surface area contributed by atoms with Crippen molar-refractivity contribution in [3.63, 3.8) is 0 Å². The Morgan fingerprint density at radius 3 is 2.48 bits per heavy atom. The van der Waals surface area contributed by atoms with Gasteiger partial charge < -0.3 is 19.3 Å². The predicted molar refractivity (Wildman–Crippen MR) is 71.5 cm³/mol. The molecule has 21 heavy (non-hydrogen) atoms. The number of hydrogen-bond donors (Lipinski definition) is 1. The highest BCUT2D eigenvalue weighted by Gasteiger charge is 2.52. The molecule has 7 nitrogen and oxygen atoms in total. The summed E-state index contributed by atoms with van der Waals surface area (Å²) in [6, 6.07) is 0. The van der Waals surface area contributed by atoms with E-state index in [2.05, 4.69) is 6.58 Å². The van der Waals surface area contributed by atoms with Crippen molar-refractivity contribution < 1.29 is 33.7 Å². The summed E-state index contributed by atoms with van der Waals surface area (Å²) in [5, 5.41) is 9.39. The van der Waals surface area contributed by atoms with Gasteiger partial charge in [-0.05, 0) is 13.3 Å². The Morgan fingerprint density at radius 1 is 1.43 bits per heavy atom. The van der Waals surface area contributed by atoms with Crippen molar-refractivity contribution in [1.82, 2.24) is 0 Å². The minimum Gasteiger partial charge on any atom is -0.478 e. The van der Waals surface area contributed by atoms with Crippen LogP contribution in [0.2, 0.25) is 0 Å². The molecule has 1 N–H and O–H groups in total. The van der Waals surface area contributed by atoms with Gasteiger partial charge in [-0.15, -0.1) is 0 Å². The van der Waals surface area contributed by atoms with Crippen LogP contribution in [0.5, 0.6) is 0 Å². The fraction of sp³-hybridized carbons (Fsp3) is 0.643. The lowest BCUT2D eigenvalue weighted by atomic mass is 9.96. The van der Waals surface area contributed by atoms with E-state index in [9.17, 15) is 19.5 Å². The van der Waals surface area contributed by atoms with Gasteiger partial charge in [0.2, 0.25) is 0 Å². The second-order valence-corrected chi connectivity index (χ2v) is 4.96. The third-order valence-electron chi connectivity index (χ3n) is 2.98. The van der Waals surface area contributed by atoms with Crippen LogP contribution < -0.4 is 0 Å². The highest BCUT2D eigenvalue weighted by Crippen LogP contribution is 2.24. The lowest BCUT2D eigenvalue weighted by Gasteiger charge is -2.27. The molecule has 0 bridgehead atoms. The molecule has 0 aliphatic carbocycles. The van der Waals surface area contributed by atoms with Crippen LogP contribution in [0.3, 0.4) is 0 Å². The highest BCUT2D eigenvalue weighted by molar-refractivity contribution is 6.05. The van der Waals surface area contributed by atoms with Crippen molar-refractivity contribution in [2.75, 3.05) is 13.2 Å². The topological polar surface area (TPSA) is 102 Å². The highest BCUT2D eigenvalue weighted by atomic mass is 16.6. The second kappa shape index (κ2) is 7.21. The first kappa shape index (κ1) is 17.2. The number of ether oxygens (including phenoxy) is 3. The van der Waals surface area contributed by atoms with Crippen molar-refractivity contribution in [1.29, 1.82) is 0 Å². The number of aliphatic carboxylic acids is 1. The Kier molecular flexibility index (Phi) is 5.90. The molecule has 1 saturated heterocycles. The van der Waals surface area contributed by atoms with E-state index in [1.165, 1.54) is 6.92 Å². The number of unbranched alkanes of at least 4 members (excludes halogenated alkanes) is 1. The smallest absolute Gasteiger partial charge is 0.362 e. The fourth-order valence-electron chi connectivity index (χ4n) is 1.55. The van der Waals surface area contributed by atoms with E-state index in [0.717, 1.165) is 0 Å². The standard InChI is InChI=1S/C14H20O7/c1-4-5-6-14(12(16)17,21-11(15)9(2)3)13(18)20-8-10-7-19-10/h10H,2,4-8H2,1,3H3,(H,16,17). The molecule has 1 aliphatic rings. The van der Waals surface area contributed by atoms with E-state index in [-0.39, 0.29) is 24.7 Å². The van der Waals surface area contributed by atoms with Crippen LogP contribution in [0, 0.1) is 0 Å². The van der Waals surface area contributed by atoms with Gasteiger partial charge in [-0.2, -0.15) is 0 Å². The monoisotopic (exact) mass is 300 g/mol. The molecular weight excluding hydrogens is 280 g/mol. The number of epoxide rings is 1. The van der Waals surface area contributed by atoms with Crippen LogP contribution >= 0.6 is 0 Å². The van der Waals surface area contributed by atoms with Gasteiger partial charge in [-0.1, -0.05) is 19.9 Å². The largest absolute Gasteiger partial charge is 0.478 e. The van der Waals surface area contributed by atoms with Crippen LogP contribution in [0.25, 0.3) is 0 Å². The third kappa shape index (κ3) is 4.56. The molecule has 0 aromatic rings. The summed E-state index contributed by atoms with van der Waals surface area (Å²) in [5.74, 6) is -3.58. The number of esters is 2. The Balaban J connectivity index is 2.91. The predicted octanol–water partition coefficient (Wildman–Crippen LogP) is 1.06. The van der Waals surface area contributed by atoms with E-state index < -0.39 is 23.5 Å². The number of carboxylic acids is 1. The summed E-state index contributed by atoms with van der Waals surface area (Å²) in [5.41, 5.74) is -2.32. The lowest BCUT2D eigenvalue weighted by Crippen LogP contribution is -2.51. The molecule has 1 heterocycles. The number of rotatable bonds is 9. The summed E-state index contributed by atoms with van der Waals surface area (Å²) in [6.45, 7) is 7.00. The zero-order chi connectivity index (χ0) is 16.0. The first-order valence-electron chi connectivity index (χ1n) is 6.74. The van der Waals surface area contributed by atoms with Crippen LogP contribution in [-0.2, 0) is 28.6 Å². The zero-order valence-corrected chi connectivity index (χ0v) is 12.2. The molecule has 0 aromatic heterocycles. The van der Waals surface area contributed by atoms with Crippen molar-refractivity contribution in [3.8, 4) is 0 Å². The molecule has 7 heteroatoms. The van der Waals surface area contributed by atoms with Gasteiger partial charge in [0.15, 0.2) is 0 Å². The molecule has 2 atom stereocenters. The van der Waals surface area contributed by atoms with E-state index >= 15 is 0 Å². The van der Waals surface area contributed by atoms with Crippen LogP contribution in [0.15, 0.2) is 12.2 Å². The first-order valence-corrected chi connectivity index (χ1v) is 6.74. The molecular formula is C14H20O7. The molecule has 1 aliphatic heterocycles. The minimum absolute atomic E-state index is 0.00968. The van der Waals surface area contributed by atoms with Crippen LogP contribution in [0.4, 0.5) is 0 Å². The molecule has 0 amide bonds. The molecule has 0 spiro atoms. The van der Waals surface area contributed by atoms with Gasteiger partial charge in [0.25, 0.3) is 0 Å². The lowest BCUT2D eigenvalue weighted by molar-refractivity contribution is -0.193. The van der Waals surface area contributed by atoms with Crippen molar-refractivity contribution >= 4 is 17.9 Å². The van der Waals surface area contributed by atoms with Crippen LogP contribution in [0.1, 0.15) is 33.1 Å². The van der Waals surface area contributed by atoms with Gasteiger partial charge in [0.05, 0.1) is 6.61 Å². The van der Waals surface area contributed by atoms with Gasteiger partial charge in [-0.3, -0.25) is 0 Å². The van der Waals surface area contributed by atoms with Crippen molar-refractivity contribution in [2.24, 2.45) is 0 Å². The summed E-state index contributed by atoms with van der Waals surface area (Å²) >= 11 is 0. The fourth-order valence-corrected chi connectivity index (χ4v) is 1.55. The Hall–Kier alpha value is -1.89. The second-order valence-electron chi connectivity index (χ2n) is 4.96. The molecule has 1 rings (SSSR count). The summed E-state index contributed by atoms with van der Waals surface area (Å²) in [6.07, 6.45) is 0.676. The first-order chi connectivity index (χ1) is 9.83. The maximum atomic E-state index is 12.1. The maximum Gasteiger partial charge on any atom is 0.362 e. The number of hydrogen-bond acceptors (Lipinski definition) is 6. The Labute approximate surface area is 122 Å². The van der Waals surface area contributed by atoms with Crippen molar-refractivity contribution in [2.45, 2.75) is 44.8 Å². The minimum atomic E-state index is -2.33.